The van der Waals surface area contributed by atoms with Crippen molar-refractivity contribution in [2.45, 2.75) is 13.0 Å². The van der Waals surface area contributed by atoms with E-state index in [1.807, 2.05) is 37.3 Å². The molecule has 0 heterocycles. The Kier molecular flexibility index (Phi) is 5.61. The predicted molar refractivity (Wildman–Crippen MR) is 103 cm³/mol. The van der Waals surface area contributed by atoms with Gasteiger partial charge >= 0.3 is 0 Å². The Morgan fingerprint density at radius 2 is 1.48 bits per heavy atom. The molecule has 0 aromatic heterocycles. The van der Waals surface area contributed by atoms with Crippen LogP contribution in [0.4, 0.5) is 10.1 Å². The summed E-state index contributed by atoms with van der Waals surface area (Å²) in [4.78, 5) is 24.9. The van der Waals surface area contributed by atoms with Crippen LogP contribution in [-0.4, -0.2) is 11.8 Å². The quantitative estimate of drug-likeness (QED) is 0.698. The lowest BCUT2D eigenvalue weighted by molar-refractivity contribution is 0.0940. The Balaban J connectivity index is 1.71. The van der Waals surface area contributed by atoms with Crippen LogP contribution in [0.2, 0.25) is 0 Å². The zero-order chi connectivity index (χ0) is 19.2. The molecule has 0 fully saturated rings. The van der Waals surface area contributed by atoms with Crippen molar-refractivity contribution < 1.29 is 14.0 Å². The van der Waals surface area contributed by atoms with Crippen molar-refractivity contribution in [2.75, 3.05) is 5.32 Å². The molecule has 1 atom stereocenters. The predicted octanol–water partition coefficient (Wildman–Crippen LogP) is 4.57. The number of halogens is 1. The highest BCUT2D eigenvalue weighted by Gasteiger charge is 2.14. The van der Waals surface area contributed by atoms with E-state index < -0.39 is 11.7 Å². The lowest BCUT2D eigenvalue weighted by Gasteiger charge is -2.14. The standard InChI is InChI=1S/C22H19FN2O2/c1-15(16-7-3-2-4-8-16)24-21(26)17-9-5-10-18(13-17)22(27)25-20-12-6-11-19(23)14-20/h2-15H,1H3,(H,24,26)(H,25,27). The number of anilines is 1. The third-order valence-electron chi connectivity index (χ3n) is 4.12. The maximum absolute atomic E-state index is 13.2. The molecule has 2 amide bonds. The van der Waals surface area contributed by atoms with Crippen LogP contribution in [0.3, 0.4) is 0 Å². The molecule has 0 bridgehead atoms. The summed E-state index contributed by atoms with van der Waals surface area (Å²) in [6.45, 7) is 1.90. The summed E-state index contributed by atoms with van der Waals surface area (Å²) in [7, 11) is 0. The second-order valence-corrected chi connectivity index (χ2v) is 6.15. The topological polar surface area (TPSA) is 58.2 Å². The molecule has 5 heteroatoms. The fraction of sp³-hybridized carbons (Fsp3) is 0.0909. The third kappa shape index (κ3) is 4.79. The van der Waals surface area contributed by atoms with Gasteiger partial charge < -0.3 is 10.6 Å². The second-order valence-electron chi connectivity index (χ2n) is 6.15. The largest absolute Gasteiger partial charge is 0.346 e. The summed E-state index contributed by atoms with van der Waals surface area (Å²) in [6, 6.07) is 21.5. The smallest absolute Gasteiger partial charge is 0.255 e. The molecule has 0 aliphatic rings. The molecule has 4 nitrogen and oxygen atoms in total. The Morgan fingerprint density at radius 1 is 0.815 bits per heavy atom. The number of carbonyl (C=O) groups is 2. The zero-order valence-electron chi connectivity index (χ0n) is 14.8. The maximum Gasteiger partial charge on any atom is 0.255 e. The molecule has 0 spiro atoms. The van der Waals surface area contributed by atoms with E-state index in [1.54, 1.807) is 24.3 Å². The average molecular weight is 362 g/mol. The van der Waals surface area contributed by atoms with Crippen LogP contribution in [0.25, 0.3) is 0 Å². The molecule has 0 radical (unpaired) electrons. The van der Waals surface area contributed by atoms with Gasteiger partial charge in [0.2, 0.25) is 0 Å². The first-order valence-corrected chi connectivity index (χ1v) is 8.56. The maximum atomic E-state index is 13.2. The minimum atomic E-state index is -0.434. The summed E-state index contributed by atoms with van der Waals surface area (Å²) in [5.41, 5.74) is 2.04. The van der Waals surface area contributed by atoms with Gasteiger partial charge in [0, 0.05) is 16.8 Å². The van der Waals surface area contributed by atoms with E-state index in [2.05, 4.69) is 10.6 Å². The van der Waals surface area contributed by atoms with Gasteiger partial charge in [-0.25, -0.2) is 4.39 Å². The fourth-order valence-corrected chi connectivity index (χ4v) is 2.68. The van der Waals surface area contributed by atoms with Gasteiger partial charge in [-0.05, 0) is 48.9 Å². The van der Waals surface area contributed by atoms with E-state index in [0.717, 1.165) is 5.56 Å². The van der Waals surface area contributed by atoms with Gasteiger partial charge in [0.25, 0.3) is 11.8 Å². The van der Waals surface area contributed by atoms with Crippen LogP contribution in [0, 0.1) is 5.82 Å². The van der Waals surface area contributed by atoms with Crippen LogP contribution < -0.4 is 10.6 Å². The van der Waals surface area contributed by atoms with Gasteiger partial charge in [-0.3, -0.25) is 9.59 Å². The van der Waals surface area contributed by atoms with E-state index in [-0.39, 0.29) is 11.9 Å². The molecular formula is C22H19FN2O2. The lowest BCUT2D eigenvalue weighted by atomic mass is 10.1. The molecule has 1 unspecified atom stereocenters. The molecule has 27 heavy (non-hydrogen) atoms. The van der Waals surface area contributed by atoms with Crippen molar-refractivity contribution in [3.63, 3.8) is 0 Å². The summed E-state index contributed by atoms with van der Waals surface area (Å²) < 4.78 is 13.2. The minimum Gasteiger partial charge on any atom is -0.346 e. The van der Waals surface area contributed by atoms with E-state index in [0.29, 0.717) is 16.8 Å². The number of rotatable bonds is 5. The number of hydrogen-bond acceptors (Lipinski definition) is 2. The zero-order valence-corrected chi connectivity index (χ0v) is 14.8. The Labute approximate surface area is 157 Å². The van der Waals surface area contributed by atoms with Gasteiger partial charge in [0.15, 0.2) is 0 Å². The highest BCUT2D eigenvalue weighted by Crippen LogP contribution is 2.15. The molecule has 136 valence electrons. The van der Waals surface area contributed by atoms with Crippen LogP contribution in [0.15, 0.2) is 78.9 Å². The molecule has 2 N–H and O–H groups in total. The van der Waals surface area contributed by atoms with Crippen molar-refractivity contribution in [1.82, 2.24) is 5.32 Å². The van der Waals surface area contributed by atoms with Crippen molar-refractivity contribution in [3.05, 3.63) is 101 Å². The first kappa shape index (κ1) is 18.3. The van der Waals surface area contributed by atoms with Gasteiger partial charge in [0.05, 0.1) is 6.04 Å². The van der Waals surface area contributed by atoms with Gasteiger partial charge in [-0.15, -0.1) is 0 Å². The highest BCUT2D eigenvalue weighted by molar-refractivity contribution is 6.06. The van der Waals surface area contributed by atoms with Crippen molar-refractivity contribution in [2.24, 2.45) is 0 Å². The summed E-state index contributed by atoms with van der Waals surface area (Å²) in [5.74, 6) is -1.12. The number of nitrogens with one attached hydrogen (secondary N) is 2. The molecule has 0 aliphatic carbocycles. The minimum absolute atomic E-state index is 0.163. The van der Waals surface area contributed by atoms with Crippen molar-refractivity contribution in [3.8, 4) is 0 Å². The first-order valence-electron chi connectivity index (χ1n) is 8.56. The summed E-state index contributed by atoms with van der Waals surface area (Å²) in [6.07, 6.45) is 0. The van der Waals surface area contributed by atoms with Crippen LogP contribution in [0.1, 0.15) is 39.2 Å². The highest BCUT2D eigenvalue weighted by atomic mass is 19.1. The van der Waals surface area contributed by atoms with E-state index in [1.165, 1.54) is 24.3 Å². The molecule has 0 saturated carbocycles. The Bertz CT molecular complexity index is 957. The summed E-state index contributed by atoms with van der Waals surface area (Å²) >= 11 is 0. The van der Waals surface area contributed by atoms with E-state index in [9.17, 15) is 14.0 Å². The number of benzene rings is 3. The molecule has 3 aromatic carbocycles. The molecule has 3 rings (SSSR count). The first-order chi connectivity index (χ1) is 13.0. The number of amides is 2. The van der Waals surface area contributed by atoms with Crippen molar-refractivity contribution in [1.29, 1.82) is 0 Å². The van der Waals surface area contributed by atoms with Crippen LogP contribution >= 0.6 is 0 Å². The van der Waals surface area contributed by atoms with E-state index >= 15 is 0 Å². The number of hydrogen-bond donors (Lipinski definition) is 2. The molecular weight excluding hydrogens is 343 g/mol. The van der Waals surface area contributed by atoms with Gasteiger partial charge in [0.1, 0.15) is 5.82 Å². The van der Waals surface area contributed by atoms with Gasteiger partial charge in [-0.1, -0.05) is 42.5 Å². The van der Waals surface area contributed by atoms with Crippen LogP contribution in [0.5, 0.6) is 0 Å². The third-order valence-corrected chi connectivity index (χ3v) is 4.12. The Morgan fingerprint density at radius 3 is 2.19 bits per heavy atom. The average Bonchev–Trinajstić information content (AvgIpc) is 2.68. The van der Waals surface area contributed by atoms with Crippen LogP contribution in [-0.2, 0) is 0 Å². The fourth-order valence-electron chi connectivity index (χ4n) is 2.68. The second kappa shape index (κ2) is 8.27. The molecule has 0 saturated heterocycles. The Hall–Kier alpha value is -3.47. The normalized spacial score (nSPS) is 11.5. The number of carbonyl (C=O) groups excluding carboxylic acids is 2. The monoisotopic (exact) mass is 362 g/mol. The van der Waals surface area contributed by atoms with Crippen molar-refractivity contribution >= 4 is 17.5 Å². The molecule has 0 aliphatic heterocycles. The van der Waals surface area contributed by atoms with Gasteiger partial charge in [-0.2, -0.15) is 0 Å². The summed E-state index contributed by atoms with van der Waals surface area (Å²) in [5, 5.41) is 5.54. The van der Waals surface area contributed by atoms with E-state index in [4.69, 9.17) is 0 Å². The SMILES string of the molecule is CC(NC(=O)c1cccc(C(=O)Nc2cccc(F)c2)c1)c1ccccc1. The lowest BCUT2D eigenvalue weighted by Crippen LogP contribution is -2.27. The molecule has 3 aromatic rings.